The largest absolute Gasteiger partial charge is 0.490 e. The minimum Gasteiger partial charge on any atom is -0.490 e. The second kappa shape index (κ2) is 10.4. The fraction of sp³-hybridized carbons (Fsp3) is 0.458. The van der Waals surface area contributed by atoms with Crippen molar-refractivity contribution in [3.63, 3.8) is 0 Å². The third kappa shape index (κ3) is 5.54. The molecule has 2 N–H and O–H groups in total. The van der Waals surface area contributed by atoms with E-state index in [2.05, 4.69) is 10.6 Å². The van der Waals surface area contributed by atoms with E-state index in [4.69, 9.17) is 9.47 Å². The van der Waals surface area contributed by atoms with Gasteiger partial charge in [-0.25, -0.2) is 0 Å². The maximum atomic E-state index is 13.3. The van der Waals surface area contributed by atoms with Crippen molar-refractivity contribution in [3.05, 3.63) is 46.2 Å². The number of anilines is 1. The standard InChI is InChI=1S/C24H29N3O5S/c1-3-25-22(28)12-16-7-8-19-21(32-16)14-31-20-9-6-15(11-18(20)24(30)27(19)2)26-23(29)13-17-5-4-10-33-17/h4-6,9-11,16,19,21H,3,7-8,12-14H2,1-2H3,(H,25,28)(H,26,29)/t16-,19+,21+/m0/s1. The van der Waals surface area contributed by atoms with Crippen molar-refractivity contribution in [3.8, 4) is 5.75 Å². The molecule has 0 saturated carbocycles. The summed E-state index contributed by atoms with van der Waals surface area (Å²) in [5, 5.41) is 7.61. The average Bonchev–Trinajstić information content (AvgIpc) is 3.29. The lowest BCUT2D eigenvalue weighted by molar-refractivity contribution is -0.134. The number of ether oxygens (including phenoxy) is 2. The van der Waals surface area contributed by atoms with E-state index in [1.807, 2.05) is 24.4 Å². The van der Waals surface area contributed by atoms with Crippen LogP contribution in [0.15, 0.2) is 35.7 Å². The van der Waals surface area contributed by atoms with Crippen LogP contribution in [0, 0.1) is 0 Å². The molecular formula is C24H29N3O5S. The summed E-state index contributed by atoms with van der Waals surface area (Å²) >= 11 is 1.53. The number of carbonyl (C=O) groups is 3. The highest BCUT2D eigenvalue weighted by Gasteiger charge is 2.39. The normalized spacial score (nSPS) is 22.3. The summed E-state index contributed by atoms with van der Waals surface area (Å²) < 4.78 is 12.1. The van der Waals surface area contributed by atoms with E-state index in [9.17, 15) is 14.4 Å². The highest BCUT2D eigenvalue weighted by atomic mass is 32.1. The highest BCUT2D eigenvalue weighted by Crippen LogP contribution is 2.32. The molecule has 4 rings (SSSR count). The van der Waals surface area contributed by atoms with Gasteiger partial charge in [-0.2, -0.15) is 0 Å². The van der Waals surface area contributed by atoms with Crippen LogP contribution in [0.3, 0.4) is 0 Å². The van der Waals surface area contributed by atoms with Gasteiger partial charge >= 0.3 is 0 Å². The number of hydrogen-bond acceptors (Lipinski definition) is 6. The molecule has 0 bridgehead atoms. The predicted molar refractivity (Wildman–Crippen MR) is 126 cm³/mol. The van der Waals surface area contributed by atoms with E-state index >= 15 is 0 Å². The Morgan fingerprint density at radius 2 is 2.06 bits per heavy atom. The Morgan fingerprint density at radius 1 is 1.21 bits per heavy atom. The Hall–Kier alpha value is -2.91. The van der Waals surface area contributed by atoms with Crippen LogP contribution >= 0.6 is 11.3 Å². The summed E-state index contributed by atoms with van der Waals surface area (Å²) in [4.78, 5) is 40.3. The number of amides is 3. The molecule has 0 radical (unpaired) electrons. The summed E-state index contributed by atoms with van der Waals surface area (Å²) in [6.45, 7) is 2.76. The molecule has 0 aliphatic carbocycles. The van der Waals surface area contributed by atoms with Crippen LogP contribution in [-0.4, -0.2) is 61.1 Å². The first kappa shape index (κ1) is 23.3. The molecule has 2 aliphatic heterocycles. The smallest absolute Gasteiger partial charge is 0.257 e. The zero-order valence-electron chi connectivity index (χ0n) is 18.8. The lowest BCUT2D eigenvalue weighted by atomic mass is 9.94. The van der Waals surface area contributed by atoms with Crippen LogP contribution in [-0.2, 0) is 20.7 Å². The molecule has 1 aromatic carbocycles. The van der Waals surface area contributed by atoms with Gasteiger partial charge in [0, 0.05) is 24.2 Å². The molecule has 176 valence electrons. The van der Waals surface area contributed by atoms with Gasteiger partial charge < -0.3 is 25.0 Å². The number of benzene rings is 1. The van der Waals surface area contributed by atoms with E-state index < -0.39 is 0 Å². The van der Waals surface area contributed by atoms with E-state index in [1.54, 1.807) is 30.1 Å². The van der Waals surface area contributed by atoms with Crippen LogP contribution in [0.25, 0.3) is 0 Å². The van der Waals surface area contributed by atoms with Crippen molar-refractivity contribution >= 4 is 34.7 Å². The number of fused-ring (bicyclic) bond motifs is 2. The predicted octanol–water partition coefficient (Wildman–Crippen LogP) is 2.84. The molecule has 8 nitrogen and oxygen atoms in total. The number of rotatable bonds is 6. The number of hydrogen-bond donors (Lipinski definition) is 2. The Bertz CT molecular complexity index is 1010. The number of thiophene rings is 1. The van der Waals surface area contributed by atoms with E-state index in [0.29, 0.717) is 36.4 Å². The van der Waals surface area contributed by atoms with Crippen molar-refractivity contribution in [2.45, 2.75) is 50.9 Å². The van der Waals surface area contributed by atoms with Gasteiger partial charge in [0.1, 0.15) is 18.5 Å². The molecule has 2 aliphatic rings. The maximum Gasteiger partial charge on any atom is 0.257 e. The summed E-state index contributed by atoms with van der Waals surface area (Å²) in [6.07, 6.45) is 1.52. The second-order valence-electron chi connectivity index (χ2n) is 8.34. The molecule has 2 aromatic rings. The highest BCUT2D eigenvalue weighted by molar-refractivity contribution is 7.10. The van der Waals surface area contributed by atoms with Crippen molar-refractivity contribution in [1.82, 2.24) is 10.2 Å². The summed E-state index contributed by atoms with van der Waals surface area (Å²) in [5.41, 5.74) is 0.967. The second-order valence-corrected chi connectivity index (χ2v) is 9.37. The molecule has 0 spiro atoms. The van der Waals surface area contributed by atoms with Crippen molar-refractivity contribution in [1.29, 1.82) is 0 Å². The lowest BCUT2D eigenvalue weighted by Gasteiger charge is -2.42. The third-order valence-corrected chi connectivity index (χ3v) is 6.87. The zero-order valence-corrected chi connectivity index (χ0v) is 19.7. The molecule has 1 fully saturated rings. The van der Waals surface area contributed by atoms with Crippen LogP contribution < -0.4 is 15.4 Å². The van der Waals surface area contributed by atoms with Gasteiger partial charge in [0.15, 0.2) is 0 Å². The molecule has 3 heterocycles. The first-order chi connectivity index (χ1) is 15.9. The van der Waals surface area contributed by atoms with Crippen molar-refractivity contribution in [2.24, 2.45) is 0 Å². The quantitative estimate of drug-likeness (QED) is 0.675. The summed E-state index contributed by atoms with van der Waals surface area (Å²) in [7, 11) is 1.77. The Balaban J connectivity index is 1.45. The molecule has 3 amide bonds. The average molecular weight is 472 g/mol. The van der Waals surface area contributed by atoms with Crippen LogP contribution in [0.2, 0.25) is 0 Å². The Morgan fingerprint density at radius 3 is 2.82 bits per heavy atom. The van der Waals surface area contributed by atoms with Gasteiger partial charge in [-0.05, 0) is 49.4 Å². The molecular weight excluding hydrogens is 442 g/mol. The van der Waals surface area contributed by atoms with Crippen LogP contribution in [0.4, 0.5) is 5.69 Å². The minimum absolute atomic E-state index is 0.0313. The van der Waals surface area contributed by atoms with E-state index in [-0.39, 0.29) is 49.0 Å². The number of likely N-dealkylation sites (N-methyl/N-ethyl adjacent to an activating group) is 1. The topological polar surface area (TPSA) is 97.0 Å². The van der Waals surface area contributed by atoms with Crippen LogP contribution in [0.5, 0.6) is 5.75 Å². The maximum absolute atomic E-state index is 13.3. The summed E-state index contributed by atoms with van der Waals surface area (Å²) in [6, 6.07) is 8.79. The first-order valence-electron chi connectivity index (χ1n) is 11.2. The van der Waals surface area contributed by atoms with Gasteiger partial charge in [-0.3, -0.25) is 14.4 Å². The summed E-state index contributed by atoms with van der Waals surface area (Å²) in [5.74, 6) is 0.107. The fourth-order valence-electron chi connectivity index (χ4n) is 4.36. The Labute approximate surface area is 197 Å². The zero-order chi connectivity index (χ0) is 23.4. The van der Waals surface area contributed by atoms with Gasteiger partial charge in [0.25, 0.3) is 5.91 Å². The SMILES string of the molecule is CCNC(=O)C[C@@H]1CC[C@@H]2[C@@H](COc3ccc(NC(=O)Cc4cccs4)cc3C(=O)N2C)O1. The monoisotopic (exact) mass is 471 g/mol. The molecule has 3 atom stereocenters. The number of nitrogens with one attached hydrogen (secondary N) is 2. The van der Waals surface area contributed by atoms with Crippen molar-refractivity contribution in [2.75, 3.05) is 25.5 Å². The molecule has 0 unspecified atom stereocenters. The number of nitrogens with zero attached hydrogens (tertiary/aromatic N) is 1. The third-order valence-electron chi connectivity index (χ3n) is 6.00. The molecule has 1 aromatic heterocycles. The van der Waals surface area contributed by atoms with Gasteiger partial charge in [0.05, 0.1) is 30.6 Å². The molecule has 9 heteroatoms. The van der Waals surface area contributed by atoms with Gasteiger partial charge in [-0.1, -0.05) is 6.07 Å². The fourth-order valence-corrected chi connectivity index (χ4v) is 5.06. The lowest BCUT2D eigenvalue weighted by Crippen LogP contribution is -2.54. The van der Waals surface area contributed by atoms with E-state index in [0.717, 1.165) is 11.3 Å². The van der Waals surface area contributed by atoms with E-state index in [1.165, 1.54) is 11.3 Å². The molecule has 1 saturated heterocycles. The first-order valence-corrected chi connectivity index (χ1v) is 12.1. The van der Waals surface area contributed by atoms with Gasteiger partial charge in [-0.15, -0.1) is 11.3 Å². The van der Waals surface area contributed by atoms with Crippen molar-refractivity contribution < 1.29 is 23.9 Å². The molecule has 33 heavy (non-hydrogen) atoms. The minimum atomic E-state index is -0.314. The van der Waals surface area contributed by atoms with Crippen LogP contribution in [0.1, 0.15) is 41.4 Å². The Kier molecular flexibility index (Phi) is 7.29. The number of carbonyl (C=O) groups excluding carboxylic acids is 3. The van der Waals surface area contributed by atoms with Gasteiger partial charge in [0.2, 0.25) is 11.8 Å².